The quantitative estimate of drug-likeness (QED) is 0.533. The van der Waals surface area contributed by atoms with Gasteiger partial charge in [0.1, 0.15) is 0 Å². The molecule has 1 nitrogen and oxygen atoms in total. The van der Waals surface area contributed by atoms with Gasteiger partial charge in [0.25, 0.3) is 0 Å². The summed E-state index contributed by atoms with van der Waals surface area (Å²) in [4.78, 5) is 0. The van der Waals surface area contributed by atoms with E-state index < -0.39 is 5.92 Å². The van der Waals surface area contributed by atoms with E-state index in [-0.39, 0.29) is 12.5 Å². The molecule has 62 valence electrons. The molecule has 0 heterocycles. The lowest BCUT2D eigenvalue weighted by Gasteiger charge is -2.15. The van der Waals surface area contributed by atoms with Crippen LogP contribution in [0.4, 0.5) is 8.78 Å². The lowest BCUT2D eigenvalue weighted by Crippen LogP contribution is -2.25. The molecule has 0 aromatic heterocycles. The van der Waals surface area contributed by atoms with E-state index in [2.05, 4.69) is 5.92 Å². The van der Waals surface area contributed by atoms with Gasteiger partial charge in [-0.3, -0.25) is 0 Å². The minimum absolute atomic E-state index is 0.101. The second-order valence-electron chi connectivity index (χ2n) is 2.84. The number of halogens is 2. The van der Waals surface area contributed by atoms with Crippen molar-refractivity contribution in [2.45, 2.75) is 37.6 Å². The van der Waals surface area contributed by atoms with Gasteiger partial charge in [0, 0.05) is 18.9 Å². The summed E-state index contributed by atoms with van der Waals surface area (Å²) in [6.45, 7) is 0. The highest BCUT2D eigenvalue weighted by Crippen LogP contribution is 2.22. The van der Waals surface area contributed by atoms with E-state index in [0.717, 1.165) is 6.42 Å². The van der Waals surface area contributed by atoms with Gasteiger partial charge < -0.3 is 5.73 Å². The van der Waals surface area contributed by atoms with E-state index in [4.69, 9.17) is 5.73 Å². The molecule has 0 amide bonds. The maximum absolute atomic E-state index is 12.6. The molecule has 0 aromatic rings. The molecule has 1 unspecified atom stereocenters. The van der Waals surface area contributed by atoms with E-state index in [1.54, 1.807) is 0 Å². The Hall–Kier alpha value is -0.620. The van der Waals surface area contributed by atoms with Crippen LogP contribution >= 0.6 is 0 Å². The number of nitrogens with two attached hydrogens (primary N) is 1. The molecular weight excluding hydrogens is 148 g/mol. The molecular formula is C8H11F2N. The predicted molar refractivity (Wildman–Crippen MR) is 39.2 cm³/mol. The van der Waals surface area contributed by atoms with Gasteiger partial charge in [0.15, 0.2) is 0 Å². The Labute approximate surface area is 65.0 Å². The molecule has 0 saturated heterocycles. The molecule has 0 aliphatic heterocycles. The van der Waals surface area contributed by atoms with E-state index in [1.165, 1.54) is 0 Å². The lowest BCUT2D eigenvalue weighted by atomic mass is 10.0. The van der Waals surface area contributed by atoms with Crippen molar-refractivity contribution >= 4 is 0 Å². The van der Waals surface area contributed by atoms with Crippen molar-refractivity contribution in [3.8, 4) is 11.8 Å². The molecule has 0 radical (unpaired) electrons. The second-order valence-corrected chi connectivity index (χ2v) is 2.84. The summed E-state index contributed by atoms with van der Waals surface area (Å²) in [6, 6.07) is -0.101. The summed E-state index contributed by atoms with van der Waals surface area (Å²) in [5.74, 6) is 1.56. The minimum atomic E-state index is -2.81. The Kier molecular flexibility index (Phi) is 2.45. The van der Waals surface area contributed by atoms with E-state index in [1.807, 2.05) is 5.92 Å². The van der Waals surface area contributed by atoms with Gasteiger partial charge in [-0.15, -0.1) is 0 Å². The Morgan fingerprint density at radius 3 is 2.82 bits per heavy atom. The molecule has 0 spiro atoms. The molecule has 0 bridgehead atoms. The first-order chi connectivity index (χ1) is 5.10. The van der Waals surface area contributed by atoms with E-state index >= 15 is 0 Å². The van der Waals surface area contributed by atoms with Crippen LogP contribution in [0, 0.1) is 11.8 Å². The van der Waals surface area contributed by atoms with Crippen molar-refractivity contribution in [2.24, 2.45) is 5.73 Å². The maximum Gasteiger partial charge on any atom is 0.308 e. The molecule has 3 heteroatoms. The van der Waals surface area contributed by atoms with Crippen LogP contribution in [0.3, 0.4) is 0 Å². The highest BCUT2D eigenvalue weighted by Gasteiger charge is 2.26. The third-order valence-electron chi connectivity index (χ3n) is 1.74. The fourth-order valence-electron chi connectivity index (χ4n) is 1.02. The minimum Gasteiger partial charge on any atom is -0.328 e. The predicted octanol–water partition coefficient (Wildman–Crippen LogP) is 1.53. The maximum atomic E-state index is 12.6. The van der Waals surface area contributed by atoms with Gasteiger partial charge in [-0.2, -0.15) is 8.78 Å². The number of rotatable bonds is 0. The summed E-state index contributed by atoms with van der Waals surface area (Å²) in [7, 11) is 0. The average molecular weight is 159 g/mol. The first-order valence-corrected chi connectivity index (χ1v) is 3.73. The van der Waals surface area contributed by atoms with Crippen LogP contribution in [0.2, 0.25) is 0 Å². The highest BCUT2D eigenvalue weighted by atomic mass is 19.3. The zero-order valence-electron chi connectivity index (χ0n) is 6.24. The van der Waals surface area contributed by atoms with Crippen molar-refractivity contribution in [3.05, 3.63) is 0 Å². The van der Waals surface area contributed by atoms with Gasteiger partial charge in [0.2, 0.25) is 0 Å². The molecule has 0 fully saturated rings. The van der Waals surface area contributed by atoms with Crippen LogP contribution in [-0.2, 0) is 0 Å². The fraction of sp³-hybridized carbons (Fsp3) is 0.750. The van der Waals surface area contributed by atoms with Gasteiger partial charge in [-0.05, 0) is 18.8 Å². The Morgan fingerprint density at radius 1 is 1.36 bits per heavy atom. The lowest BCUT2D eigenvalue weighted by molar-refractivity contribution is 0.0511. The van der Waals surface area contributed by atoms with Gasteiger partial charge in [0.05, 0.1) is 0 Å². The van der Waals surface area contributed by atoms with Gasteiger partial charge in [-0.1, -0.05) is 5.92 Å². The smallest absolute Gasteiger partial charge is 0.308 e. The van der Waals surface area contributed by atoms with Gasteiger partial charge >= 0.3 is 5.92 Å². The summed E-state index contributed by atoms with van der Waals surface area (Å²) >= 11 is 0. The van der Waals surface area contributed by atoms with Crippen molar-refractivity contribution < 1.29 is 8.78 Å². The van der Waals surface area contributed by atoms with Crippen molar-refractivity contribution in [3.63, 3.8) is 0 Å². The van der Waals surface area contributed by atoms with Crippen molar-refractivity contribution in [2.75, 3.05) is 0 Å². The molecule has 0 aromatic carbocycles. The molecule has 1 aliphatic rings. The molecule has 1 rings (SSSR count). The highest BCUT2D eigenvalue weighted by molar-refractivity contribution is 5.10. The molecule has 0 saturated carbocycles. The fourth-order valence-corrected chi connectivity index (χ4v) is 1.02. The van der Waals surface area contributed by atoms with E-state index in [0.29, 0.717) is 12.8 Å². The first kappa shape index (κ1) is 8.48. The Morgan fingerprint density at radius 2 is 2.09 bits per heavy atom. The van der Waals surface area contributed by atoms with Crippen LogP contribution in [-0.4, -0.2) is 12.0 Å². The van der Waals surface area contributed by atoms with Crippen LogP contribution in [0.25, 0.3) is 0 Å². The zero-order chi connectivity index (χ0) is 8.32. The van der Waals surface area contributed by atoms with Crippen molar-refractivity contribution in [1.29, 1.82) is 0 Å². The van der Waals surface area contributed by atoms with Crippen LogP contribution in [0.15, 0.2) is 0 Å². The molecule has 1 atom stereocenters. The molecule has 2 N–H and O–H groups in total. The molecule has 1 aliphatic carbocycles. The number of hydrogen-bond acceptors (Lipinski definition) is 1. The van der Waals surface area contributed by atoms with Gasteiger partial charge in [-0.25, -0.2) is 0 Å². The summed E-state index contributed by atoms with van der Waals surface area (Å²) in [6.07, 6.45) is 1.42. The monoisotopic (exact) mass is 159 g/mol. The summed E-state index contributed by atoms with van der Waals surface area (Å²) in [5.41, 5.74) is 5.52. The topological polar surface area (TPSA) is 26.0 Å². The molecule has 11 heavy (non-hydrogen) atoms. The standard InChI is InChI=1S/C8H11F2N/c9-8(10)5-2-1-3-7(11)4-6-8/h7H,1,3-4,6,11H2. The van der Waals surface area contributed by atoms with Crippen molar-refractivity contribution in [1.82, 2.24) is 0 Å². The average Bonchev–Trinajstić information content (AvgIpc) is 1.92. The van der Waals surface area contributed by atoms with Crippen LogP contribution < -0.4 is 5.73 Å². The third-order valence-corrected chi connectivity index (χ3v) is 1.74. The Bertz CT molecular complexity index is 190. The number of alkyl halides is 2. The second kappa shape index (κ2) is 3.19. The largest absolute Gasteiger partial charge is 0.328 e. The van der Waals surface area contributed by atoms with Crippen LogP contribution in [0.5, 0.6) is 0 Å². The summed E-state index contributed by atoms with van der Waals surface area (Å²) < 4.78 is 25.2. The number of hydrogen-bond donors (Lipinski definition) is 1. The van der Waals surface area contributed by atoms with Crippen LogP contribution in [0.1, 0.15) is 25.7 Å². The Balaban J connectivity index is 2.59. The first-order valence-electron chi connectivity index (χ1n) is 3.73. The normalized spacial score (nSPS) is 29.5. The summed E-state index contributed by atoms with van der Waals surface area (Å²) in [5, 5.41) is 0. The zero-order valence-corrected chi connectivity index (χ0v) is 6.24. The third kappa shape index (κ3) is 2.85. The SMILES string of the molecule is NC1CCC#CC(F)(F)CC1. The van der Waals surface area contributed by atoms with E-state index in [9.17, 15) is 8.78 Å².